The maximum Gasteiger partial charge on any atom is 0.277 e. The Morgan fingerprint density at radius 1 is 1.35 bits per heavy atom. The third kappa shape index (κ3) is 2.80. The Labute approximate surface area is 150 Å². The van der Waals surface area contributed by atoms with Gasteiger partial charge in [0, 0.05) is 36.4 Å². The van der Waals surface area contributed by atoms with Crippen molar-refractivity contribution < 1.29 is 17.7 Å². The number of hydrogen-bond acceptors (Lipinski definition) is 6. The summed E-state index contributed by atoms with van der Waals surface area (Å²) in [4.78, 5) is 25.1. The van der Waals surface area contributed by atoms with Gasteiger partial charge >= 0.3 is 0 Å². The molecule has 1 N–H and O–H groups in total. The summed E-state index contributed by atoms with van der Waals surface area (Å²) in [6, 6.07) is 1.68. The molecular weight excluding hydrogens is 358 g/mol. The third-order valence-electron chi connectivity index (χ3n) is 4.47. The van der Waals surface area contributed by atoms with E-state index in [0.717, 1.165) is 0 Å². The van der Waals surface area contributed by atoms with Crippen LogP contribution in [-0.2, 0) is 17.3 Å². The first-order chi connectivity index (χ1) is 12.2. The minimum Gasteiger partial charge on any atom is -0.356 e. The van der Waals surface area contributed by atoms with Crippen molar-refractivity contribution in [1.29, 1.82) is 0 Å². The fraction of sp³-hybridized carbons (Fsp3) is 0.294. The molecule has 9 heteroatoms. The van der Waals surface area contributed by atoms with E-state index in [9.17, 15) is 18.0 Å². The lowest BCUT2D eigenvalue weighted by atomic mass is 9.81. The number of allylic oxidation sites excluding steroid dienone is 4. The third-order valence-corrected chi connectivity index (χ3v) is 5.32. The average Bonchev–Trinajstić information content (AvgIpc) is 3.13. The number of carbonyl (C=O) groups excluding carboxylic acids is 1. The maximum absolute atomic E-state index is 12.9. The first-order valence-electron chi connectivity index (χ1n) is 7.84. The second-order valence-corrected chi connectivity index (χ2v) is 7.11. The molecule has 1 aliphatic rings. The molecule has 1 unspecified atom stereocenters. The number of Topliss-reactive ketones (excluding diaryl/α,β-unsaturated/α-hetero) is 1. The van der Waals surface area contributed by atoms with Crippen molar-refractivity contribution in [3.05, 3.63) is 56.9 Å². The minimum atomic E-state index is -2.53. The van der Waals surface area contributed by atoms with Crippen LogP contribution < -0.4 is 5.56 Å². The number of rotatable bonds is 3. The maximum atomic E-state index is 12.9. The Kier molecular flexibility index (Phi) is 4.41. The highest BCUT2D eigenvalue weighted by atomic mass is 32.2. The van der Waals surface area contributed by atoms with Gasteiger partial charge in [-0.15, -0.1) is 0 Å². The number of H-pyrrole nitrogens is 1. The van der Waals surface area contributed by atoms with E-state index in [1.54, 1.807) is 26.8 Å². The van der Waals surface area contributed by atoms with Gasteiger partial charge in [-0.1, -0.05) is 12.1 Å². The highest BCUT2D eigenvalue weighted by Gasteiger charge is 2.32. The highest BCUT2D eigenvalue weighted by molar-refractivity contribution is 7.73. The van der Waals surface area contributed by atoms with E-state index in [0.29, 0.717) is 22.6 Å². The van der Waals surface area contributed by atoms with Crippen molar-refractivity contribution in [2.24, 2.45) is 13.0 Å². The predicted octanol–water partition coefficient (Wildman–Crippen LogP) is 1.29. The van der Waals surface area contributed by atoms with Crippen molar-refractivity contribution in [1.82, 2.24) is 14.9 Å². The number of nitrogens with one attached hydrogen (secondary N) is 1. The molecular formula is C17H17N3O5S. The van der Waals surface area contributed by atoms with Crippen molar-refractivity contribution >= 4 is 26.5 Å². The normalized spacial score (nSPS) is 17.5. The van der Waals surface area contributed by atoms with Crippen LogP contribution in [0.5, 0.6) is 0 Å². The summed E-state index contributed by atoms with van der Waals surface area (Å²) in [6.07, 6.45) is 2.63. The quantitative estimate of drug-likeness (QED) is 0.639. The predicted molar refractivity (Wildman–Crippen MR) is 95.4 cm³/mol. The molecule has 26 heavy (non-hydrogen) atoms. The van der Waals surface area contributed by atoms with Gasteiger partial charge in [-0.25, -0.2) is 0 Å². The average molecular weight is 375 g/mol. The molecule has 0 aromatic carbocycles. The van der Waals surface area contributed by atoms with Crippen LogP contribution >= 0.6 is 0 Å². The van der Waals surface area contributed by atoms with Crippen LogP contribution in [0.2, 0.25) is 0 Å². The van der Waals surface area contributed by atoms with E-state index in [-0.39, 0.29) is 16.0 Å². The largest absolute Gasteiger partial charge is 0.356 e. The zero-order valence-electron chi connectivity index (χ0n) is 14.7. The van der Waals surface area contributed by atoms with E-state index in [2.05, 4.69) is 10.3 Å². The summed E-state index contributed by atoms with van der Waals surface area (Å²) in [6.45, 7) is 5.17. The molecule has 0 saturated carbocycles. The Bertz CT molecular complexity index is 1160. The molecule has 2 aromatic rings. The van der Waals surface area contributed by atoms with Gasteiger partial charge < -0.3 is 9.62 Å². The zero-order valence-corrected chi connectivity index (χ0v) is 15.5. The van der Waals surface area contributed by atoms with E-state index < -0.39 is 27.6 Å². The van der Waals surface area contributed by atoms with Crippen molar-refractivity contribution in [3.63, 3.8) is 0 Å². The molecule has 3 rings (SSSR count). The van der Waals surface area contributed by atoms with Gasteiger partial charge in [-0.3, -0.25) is 14.3 Å². The number of nitrogens with zero attached hydrogens (tertiary/aromatic N) is 2. The van der Waals surface area contributed by atoms with Crippen LogP contribution in [0.25, 0.3) is 5.57 Å². The fourth-order valence-electron chi connectivity index (χ4n) is 3.07. The summed E-state index contributed by atoms with van der Waals surface area (Å²) in [5.41, 5.74) is 1.35. The molecule has 0 radical (unpaired) electrons. The zero-order chi connectivity index (χ0) is 19.2. The van der Waals surface area contributed by atoms with Crippen LogP contribution in [0.1, 0.15) is 35.7 Å². The first kappa shape index (κ1) is 17.9. The molecule has 0 bridgehead atoms. The second kappa shape index (κ2) is 6.41. The van der Waals surface area contributed by atoms with Crippen molar-refractivity contribution in [2.75, 3.05) is 0 Å². The number of hydrogen-bond donors (Lipinski definition) is 1. The lowest BCUT2D eigenvalue weighted by Crippen LogP contribution is -2.25. The van der Waals surface area contributed by atoms with Crippen molar-refractivity contribution in [3.8, 4) is 0 Å². The topological polar surface area (TPSA) is 115 Å². The minimum absolute atomic E-state index is 0.0513. The Hall–Kier alpha value is -2.94. The summed E-state index contributed by atoms with van der Waals surface area (Å²) < 4.78 is 29.9. The monoisotopic (exact) mass is 375 g/mol. The molecule has 2 heterocycles. The van der Waals surface area contributed by atoms with Crippen LogP contribution in [0.15, 0.2) is 38.8 Å². The highest BCUT2D eigenvalue weighted by Crippen LogP contribution is 2.36. The van der Waals surface area contributed by atoms with E-state index in [4.69, 9.17) is 4.52 Å². The van der Waals surface area contributed by atoms with Gasteiger partial charge in [-0.05, 0) is 25.5 Å². The van der Waals surface area contributed by atoms with Crippen LogP contribution in [-0.4, -0.2) is 34.0 Å². The lowest BCUT2D eigenvalue weighted by molar-refractivity contribution is 0.103. The molecule has 136 valence electrons. The molecule has 1 atom stereocenters. The van der Waals surface area contributed by atoms with Gasteiger partial charge in [0.25, 0.3) is 5.56 Å². The summed E-state index contributed by atoms with van der Waals surface area (Å²) >= 11 is 0. The Morgan fingerprint density at radius 3 is 2.54 bits per heavy atom. The molecule has 0 spiro atoms. The molecule has 2 aromatic heterocycles. The Balaban J connectivity index is 2.25. The van der Waals surface area contributed by atoms with Gasteiger partial charge in [0.2, 0.25) is 10.3 Å². The molecule has 8 nitrogen and oxygen atoms in total. The van der Waals surface area contributed by atoms with Gasteiger partial charge in [-0.2, -0.15) is 8.42 Å². The first-order valence-corrected chi connectivity index (χ1v) is 8.91. The molecule has 0 fully saturated rings. The van der Waals surface area contributed by atoms with Gasteiger partial charge in [0.05, 0.1) is 10.6 Å². The number of aromatic nitrogens is 3. The lowest BCUT2D eigenvalue weighted by Gasteiger charge is -2.22. The van der Waals surface area contributed by atoms with Crippen molar-refractivity contribution in [2.45, 2.75) is 20.8 Å². The van der Waals surface area contributed by atoms with Gasteiger partial charge in [0.15, 0.2) is 11.5 Å². The summed E-state index contributed by atoms with van der Waals surface area (Å²) in [7, 11) is -1.04. The molecule has 0 saturated heterocycles. The summed E-state index contributed by atoms with van der Waals surface area (Å²) in [5.74, 6) is -0.657. The van der Waals surface area contributed by atoms with Gasteiger partial charge in [0.1, 0.15) is 5.56 Å². The van der Waals surface area contributed by atoms with E-state index in [1.807, 2.05) is 0 Å². The van der Waals surface area contributed by atoms with Crippen LogP contribution in [0.4, 0.5) is 0 Å². The molecule has 0 aliphatic heterocycles. The fourth-order valence-corrected chi connectivity index (χ4v) is 3.70. The number of carbonyl (C=O) groups is 1. The molecule has 0 amide bonds. The summed E-state index contributed by atoms with van der Waals surface area (Å²) in [5, 5.41) is 6.48. The molecule has 1 aliphatic carbocycles. The van der Waals surface area contributed by atoms with E-state index >= 15 is 0 Å². The second-order valence-electron chi connectivity index (χ2n) is 6.17. The number of ketones is 1. The standard InChI is InChI=1S/C17H17N3O5S/c1-8-5-13(25-19-8)15-9(2)11(6-14(10(15)3)26(23)24)16(21)12-7-18-20(4)17(12)22/h5-7,10,18H,1-4H3. The number of aryl methyl sites for hydroxylation is 2. The SMILES string of the molecule is CC1=C(c2cc(C)no2)C(C)C(=S(=O)=O)C=C1C(=O)c1c[nH]n(C)c1=O. The van der Waals surface area contributed by atoms with E-state index in [1.165, 1.54) is 24.0 Å². The Morgan fingerprint density at radius 2 is 2.04 bits per heavy atom. The van der Waals surface area contributed by atoms with Crippen LogP contribution in [0.3, 0.4) is 0 Å². The van der Waals surface area contributed by atoms with Crippen LogP contribution in [0, 0.1) is 12.8 Å². The number of aromatic amines is 1. The smallest absolute Gasteiger partial charge is 0.277 e.